The number of nitrogens with zero attached hydrogens (tertiary/aromatic N) is 2. The van der Waals surface area contributed by atoms with Crippen molar-refractivity contribution in [3.63, 3.8) is 0 Å². The van der Waals surface area contributed by atoms with Crippen LogP contribution in [0.2, 0.25) is 0 Å². The Morgan fingerprint density at radius 2 is 2.25 bits per heavy atom. The van der Waals surface area contributed by atoms with Gasteiger partial charge in [0.05, 0.1) is 5.69 Å². The van der Waals surface area contributed by atoms with E-state index >= 15 is 0 Å². The molecule has 1 N–H and O–H groups in total. The van der Waals surface area contributed by atoms with E-state index in [0.29, 0.717) is 0 Å². The minimum Gasteiger partial charge on any atom is -0.304 e. The third-order valence-electron chi connectivity index (χ3n) is 2.37. The lowest BCUT2D eigenvalue weighted by atomic mass is 10.1. The summed E-state index contributed by atoms with van der Waals surface area (Å²) in [4.78, 5) is 0. The summed E-state index contributed by atoms with van der Waals surface area (Å²) >= 11 is 4.93. The maximum atomic E-state index is 4.00. The Kier molecular flexibility index (Phi) is 4.04. The van der Waals surface area contributed by atoms with Gasteiger partial charge in [0.1, 0.15) is 0 Å². The second kappa shape index (κ2) is 5.52. The molecule has 2 aromatic rings. The second-order valence-electron chi connectivity index (χ2n) is 3.52. The minimum absolute atomic E-state index is 0.289. The van der Waals surface area contributed by atoms with Crippen LogP contribution in [0.1, 0.15) is 24.2 Å². The van der Waals surface area contributed by atoms with Gasteiger partial charge >= 0.3 is 0 Å². The molecule has 0 saturated carbocycles. The third-order valence-corrected chi connectivity index (χ3v) is 3.64. The number of benzene rings is 1. The molecule has 0 aliphatic carbocycles. The van der Waals surface area contributed by atoms with Gasteiger partial charge in [0.25, 0.3) is 0 Å². The first kappa shape index (κ1) is 11.7. The van der Waals surface area contributed by atoms with Crippen LogP contribution in [0.15, 0.2) is 34.1 Å². The lowest BCUT2D eigenvalue weighted by molar-refractivity contribution is 0.565. The molecule has 0 saturated heterocycles. The van der Waals surface area contributed by atoms with Crippen molar-refractivity contribution < 1.29 is 0 Å². The molecule has 2 rings (SSSR count). The molecule has 0 spiro atoms. The molecule has 5 heteroatoms. The van der Waals surface area contributed by atoms with Crippen molar-refractivity contribution in [1.29, 1.82) is 0 Å². The molecule has 1 aromatic carbocycles. The van der Waals surface area contributed by atoms with Gasteiger partial charge in [-0.3, -0.25) is 0 Å². The maximum absolute atomic E-state index is 4.00. The van der Waals surface area contributed by atoms with Crippen molar-refractivity contribution in [2.45, 2.75) is 19.5 Å². The van der Waals surface area contributed by atoms with Gasteiger partial charge in [0.2, 0.25) is 0 Å². The van der Waals surface area contributed by atoms with E-state index in [9.17, 15) is 0 Å². The van der Waals surface area contributed by atoms with Gasteiger partial charge in [-0.25, -0.2) is 0 Å². The fourth-order valence-electron chi connectivity index (χ4n) is 1.45. The first-order chi connectivity index (χ1) is 7.77. The van der Waals surface area contributed by atoms with Crippen LogP contribution in [0.25, 0.3) is 0 Å². The van der Waals surface area contributed by atoms with Gasteiger partial charge in [-0.1, -0.05) is 38.6 Å². The molecule has 0 radical (unpaired) electrons. The van der Waals surface area contributed by atoms with E-state index in [1.165, 1.54) is 17.1 Å². The van der Waals surface area contributed by atoms with Crippen molar-refractivity contribution in [2.75, 3.05) is 0 Å². The fourth-order valence-corrected chi connectivity index (χ4v) is 2.53. The predicted octanol–water partition coefficient (Wildman–Crippen LogP) is 3.15. The van der Waals surface area contributed by atoms with Crippen molar-refractivity contribution >= 4 is 27.5 Å². The number of hydrogen-bond donors (Lipinski definition) is 1. The van der Waals surface area contributed by atoms with Crippen LogP contribution in [0.3, 0.4) is 0 Å². The minimum atomic E-state index is 0.289. The SMILES string of the molecule is C[C@H](NCc1csnn1)c1ccccc1Br. The molecule has 16 heavy (non-hydrogen) atoms. The van der Waals surface area contributed by atoms with Crippen LogP contribution in [0.5, 0.6) is 0 Å². The molecule has 1 atom stereocenters. The summed E-state index contributed by atoms with van der Waals surface area (Å²) < 4.78 is 4.96. The molecule has 3 nitrogen and oxygen atoms in total. The smallest absolute Gasteiger partial charge is 0.0893 e. The zero-order valence-corrected chi connectivity index (χ0v) is 11.3. The van der Waals surface area contributed by atoms with Gasteiger partial charge in [-0.2, -0.15) is 0 Å². The van der Waals surface area contributed by atoms with Gasteiger partial charge < -0.3 is 5.32 Å². The van der Waals surface area contributed by atoms with Crippen LogP contribution >= 0.6 is 27.5 Å². The molecular weight excluding hydrogens is 286 g/mol. The van der Waals surface area contributed by atoms with Gasteiger partial charge in [-0.05, 0) is 30.1 Å². The summed E-state index contributed by atoms with van der Waals surface area (Å²) in [7, 11) is 0. The fraction of sp³-hybridized carbons (Fsp3) is 0.273. The summed E-state index contributed by atoms with van der Waals surface area (Å²) in [6.45, 7) is 2.89. The highest BCUT2D eigenvalue weighted by molar-refractivity contribution is 9.10. The predicted molar refractivity (Wildman–Crippen MR) is 69.3 cm³/mol. The molecule has 0 aliphatic rings. The highest BCUT2D eigenvalue weighted by atomic mass is 79.9. The summed E-state index contributed by atoms with van der Waals surface area (Å²) in [6.07, 6.45) is 0. The van der Waals surface area contributed by atoms with E-state index in [2.05, 4.69) is 49.9 Å². The number of hydrogen-bond acceptors (Lipinski definition) is 4. The topological polar surface area (TPSA) is 37.8 Å². The Morgan fingerprint density at radius 3 is 2.94 bits per heavy atom. The van der Waals surface area contributed by atoms with E-state index in [-0.39, 0.29) is 6.04 Å². The maximum Gasteiger partial charge on any atom is 0.0893 e. The average Bonchev–Trinajstić information content (AvgIpc) is 2.79. The van der Waals surface area contributed by atoms with Crippen molar-refractivity contribution in [2.24, 2.45) is 0 Å². The summed E-state index contributed by atoms with van der Waals surface area (Å²) in [5.74, 6) is 0. The number of nitrogens with one attached hydrogen (secondary N) is 1. The molecule has 0 fully saturated rings. The zero-order chi connectivity index (χ0) is 11.4. The van der Waals surface area contributed by atoms with E-state index in [0.717, 1.165) is 16.7 Å². The Hall–Kier alpha value is -0.780. The monoisotopic (exact) mass is 297 g/mol. The van der Waals surface area contributed by atoms with Crippen LogP contribution in [-0.2, 0) is 6.54 Å². The molecule has 0 unspecified atom stereocenters. The van der Waals surface area contributed by atoms with Crippen molar-refractivity contribution in [3.8, 4) is 0 Å². The van der Waals surface area contributed by atoms with E-state index in [4.69, 9.17) is 0 Å². The lowest BCUT2D eigenvalue weighted by Crippen LogP contribution is -2.18. The first-order valence-electron chi connectivity index (χ1n) is 5.01. The number of aromatic nitrogens is 2. The van der Waals surface area contributed by atoms with Crippen LogP contribution in [-0.4, -0.2) is 9.59 Å². The lowest BCUT2D eigenvalue weighted by Gasteiger charge is -2.14. The highest BCUT2D eigenvalue weighted by Gasteiger charge is 2.08. The molecule has 0 amide bonds. The molecule has 1 heterocycles. The molecule has 1 aromatic heterocycles. The Balaban J connectivity index is 1.98. The van der Waals surface area contributed by atoms with Gasteiger partial charge in [0.15, 0.2) is 0 Å². The van der Waals surface area contributed by atoms with E-state index in [1.807, 2.05) is 17.5 Å². The Bertz CT molecular complexity index is 444. The quantitative estimate of drug-likeness (QED) is 0.942. The third kappa shape index (κ3) is 2.87. The Labute approximate surface area is 107 Å². The summed E-state index contributed by atoms with van der Waals surface area (Å²) in [6, 6.07) is 8.52. The Morgan fingerprint density at radius 1 is 1.44 bits per heavy atom. The molecule has 84 valence electrons. The first-order valence-corrected chi connectivity index (χ1v) is 6.64. The normalized spacial score (nSPS) is 12.6. The van der Waals surface area contributed by atoms with Crippen LogP contribution < -0.4 is 5.32 Å². The number of halogens is 1. The standard InChI is InChI=1S/C11H12BrN3S/c1-8(10-4-2-3-5-11(10)12)13-6-9-7-16-15-14-9/h2-5,7-8,13H,6H2,1H3/t8-/m0/s1. The molecule has 0 bridgehead atoms. The van der Waals surface area contributed by atoms with Crippen molar-refractivity contribution in [1.82, 2.24) is 14.9 Å². The second-order valence-corrected chi connectivity index (χ2v) is 4.98. The summed E-state index contributed by atoms with van der Waals surface area (Å²) in [5.41, 5.74) is 2.24. The zero-order valence-electron chi connectivity index (χ0n) is 8.85. The molecule has 0 aliphatic heterocycles. The van der Waals surface area contributed by atoms with Crippen LogP contribution in [0.4, 0.5) is 0 Å². The van der Waals surface area contributed by atoms with Crippen LogP contribution in [0, 0.1) is 0 Å². The average molecular weight is 298 g/mol. The van der Waals surface area contributed by atoms with Crippen molar-refractivity contribution in [3.05, 3.63) is 45.4 Å². The highest BCUT2D eigenvalue weighted by Crippen LogP contribution is 2.22. The van der Waals surface area contributed by atoms with E-state index < -0.39 is 0 Å². The van der Waals surface area contributed by atoms with Gasteiger partial charge in [-0.15, -0.1) is 5.10 Å². The largest absolute Gasteiger partial charge is 0.304 e. The summed E-state index contributed by atoms with van der Waals surface area (Å²) in [5, 5.41) is 9.37. The van der Waals surface area contributed by atoms with Gasteiger partial charge in [0, 0.05) is 22.4 Å². The molecular formula is C11H12BrN3S. The van der Waals surface area contributed by atoms with E-state index in [1.54, 1.807) is 0 Å². The number of rotatable bonds is 4.